The molecule has 0 unspecified atom stereocenters. The second-order valence-electron chi connectivity index (χ2n) is 6.19. The molecule has 28 heavy (non-hydrogen) atoms. The number of unbranched alkanes of at least 4 members (excludes halogenated alkanes) is 2. The Morgan fingerprint density at radius 3 is 2.75 bits per heavy atom. The molecule has 0 bridgehead atoms. The number of nitrogens with zero attached hydrogens (tertiary/aromatic N) is 1. The number of halogens is 1. The smallest absolute Gasteiger partial charge is 0.266 e. The number of anilines is 1. The fourth-order valence-corrected chi connectivity index (χ4v) is 5.12. The Morgan fingerprint density at radius 1 is 1.18 bits per heavy atom. The molecule has 2 heterocycles. The third kappa shape index (κ3) is 5.76. The summed E-state index contributed by atoms with van der Waals surface area (Å²) in [7, 11) is 0. The monoisotopic (exact) mass is 494 g/mol. The zero-order valence-electron chi connectivity index (χ0n) is 15.0. The van der Waals surface area contributed by atoms with Crippen molar-refractivity contribution in [3.63, 3.8) is 0 Å². The summed E-state index contributed by atoms with van der Waals surface area (Å²) < 4.78 is 1.48. The Hall–Kier alpha value is -1.48. The van der Waals surface area contributed by atoms with Crippen LogP contribution in [0.25, 0.3) is 6.08 Å². The molecule has 2 aromatic rings. The second kappa shape index (κ2) is 10.3. The zero-order chi connectivity index (χ0) is 19.9. The topological polar surface area (TPSA) is 49.4 Å². The fraction of sp³-hybridized carbons (Fsp3) is 0.250. The molecular weight excluding hydrogens is 476 g/mol. The second-order valence-corrected chi connectivity index (χ2v) is 9.70. The molecule has 4 nitrogen and oxygen atoms in total. The molecule has 1 saturated heterocycles. The van der Waals surface area contributed by atoms with Crippen LogP contribution in [0.3, 0.4) is 0 Å². The molecule has 1 aromatic carbocycles. The summed E-state index contributed by atoms with van der Waals surface area (Å²) in [5, 5.41) is 4.89. The highest BCUT2D eigenvalue weighted by atomic mass is 79.9. The van der Waals surface area contributed by atoms with Gasteiger partial charge in [0, 0.05) is 22.3 Å². The Kier molecular flexibility index (Phi) is 7.84. The molecule has 0 radical (unpaired) electrons. The lowest BCUT2D eigenvalue weighted by Crippen LogP contribution is -2.29. The minimum atomic E-state index is -0.0185. The molecule has 0 aliphatic carbocycles. The van der Waals surface area contributed by atoms with Gasteiger partial charge in [0.2, 0.25) is 5.91 Å². The van der Waals surface area contributed by atoms with Crippen molar-refractivity contribution in [2.24, 2.45) is 0 Å². The molecule has 0 saturated carbocycles. The van der Waals surface area contributed by atoms with Crippen LogP contribution in [0.15, 0.2) is 51.2 Å². The summed E-state index contributed by atoms with van der Waals surface area (Å²) >= 11 is 11.7. The van der Waals surface area contributed by atoms with Crippen LogP contribution in [0.1, 0.15) is 30.6 Å². The molecule has 1 fully saturated rings. The minimum absolute atomic E-state index is 0.00334. The molecular formula is C20H19BrN2O2S3. The average Bonchev–Trinajstić information content (AvgIpc) is 3.27. The van der Waals surface area contributed by atoms with Gasteiger partial charge in [0.25, 0.3) is 5.91 Å². The number of thiocarbonyl (C=S) groups is 1. The van der Waals surface area contributed by atoms with Crippen molar-refractivity contribution in [2.45, 2.75) is 25.7 Å². The fourth-order valence-electron chi connectivity index (χ4n) is 2.70. The van der Waals surface area contributed by atoms with Gasteiger partial charge in [-0.2, -0.15) is 0 Å². The number of hydrogen-bond donors (Lipinski definition) is 1. The van der Waals surface area contributed by atoms with Crippen LogP contribution >= 0.6 is 51.2 Å². The van der Waals surface area contributed by atoms with Gasteiger partial charge in [0.05, 0.1) is 10.6 Å². The number of carbonyl (C=O) groups excluding carboxylic acids is 2. The van der Waals surface area contributed by atoms with Crippen molar-refractivity contribution in [3.05, 3.63) is 56.0 Å². The van der Waals surface area contributed by atoms with Gasteiger partial charge in [0.15, 0.2) is 0 Å². The summed E-state index contributed by atoms with van der Waals surface area (Å²) in [4.78, 5) is 28.0. The van der Waals surface area contributed by atoms with Crippen LogP contribution in [-0.4, -0.2) is 27.6 Å². The number of amides is 2. The maximum Gasteiger partial charge on any atom is 0.266 e. The zero-order valence-corrected chi connectivity index (χ0v) is 19.1. The third-order valence-corrected chi connectivity index (χ3v) is 7.01. The van der Waals surface area contributed by atoms with E-state index in [1.54, 1.807) is 16.2 Å². The van der Waals surface area contributed by atoms with E-state index < -0.39 is 0 Å². The lowest BCUT2D eigenvalue weighted by atomic mass is 10.1. The standard InChI is InChI=1S/C20H19BrN2O2S3/c21-15-8-3-4-9-16(15)22-18(24)10-2-1-5-11-23-19(25)17(28-20(23)26)13-14-7-6-12-27-14/h3-4,6-9,12-13H,1-2,5,10-11H2,(H,22,24). The van der Waals surface area contributed by atoms with E-state index in [4.69, 9.17) is 12.2 Å². The van der Waals surface area contributed by atoms with E-state index in [2.05, 4.69) is 21.2 Å². The summed E-state index contributed by atoms with van der Waals surface area (Å²) in [6, 6.07) is 11.5. The van der Waals surface area contributed by atoms with E-state index in [-0.39, 0.29) is 11.8 Å². The molecule has 1 aromatic heterocycles. The normalized spacial score (nSPS) is 15.5. The van der Waals surface area contributed by atoms with Gasteiger partial charge < -0.3 is 5.32 Å². The molecule has 1 aliphatic heterocycles. The highest BCUT2D eigenvalue weighted by molar-refractivity contribution is 9.10. The van der Waals surface area contributed by atoms with Crippen molar-refractivity contribution in [1.29, 1.82) is 0 Å². The Balaban J connectivity index is 1.39. The number of para-hydroxylation sites is 1. The summed E-state index contributed by atoms with van der Waals surface area (Å²) in [6.45, 7) is 0.596. The maximum absolute atomic E-state index is 12.5. The predicted octanol–water partition coefficient (Wildman–Crippen LogP) is 5.91. The van der Waals surface area contributed by atoms with Gasteiger partial charge in [0.1, 0.15) is 4.32 Å². The van der Waals surface area contributed by atoms with E-state index in [0.717, 1.165) is 34.3 Å². The van der Waals surface area contributed by atoms with Crippen molar-refractivity contribution in [2.75, 3.05) is 11.9 Å². The van der Waals surface area contributed by atoms with Gasteiger partial charge in [-0.1, -0.05) is 48.6 Å². The first-order valence-electron chi connectivity index (χ1n) is 8.88. The Bertz CT molecular complexity index is 897. The van der Waals surface area contributed by atoms with E-state index in [1.165, 1.54) is 11.8 Å². The highest BCUT2D eigenvalue weighted by Gasteiger charge is 2.31. The van der Waals surface area contributed by atoms with Gasteiger partial charge >= 0.3 is 0 Å². The molecule has 146 valence electrons. The number of thiophene rings is 1. The maximum atomic E-state index is 12.5. The SMILES string of the molecule is O=C(CCCCCN1C(=O)C(=Cc2cccs2)SC1=S)Nc1ccccc1Br. The van der Waals surface area contributed by atoms with Crippen LogP contribution in [0.2, 0.25) is 0 Å². The van der Waals surface area contributed by atoms with Crippen LogP contribution < -0.4 is 5.32 Å². The third-order valence-electron chi connectivity index (χ3n) is 4.12. The lowest BCUT2D eigenvalue weighted by molar-refractivity contribution is -0.122. The van der Waals surface area contributed by atoms with E-state index >= 15 is 0 Å². The Labute approximate surface area is 186 Å². The number of thioether (sulfide) groups is 1. The molecule has 0 atom stereocenters. The molecule has 0 spiro atoms. The van der Waals surface area contributed by atoms with Crippen molar-refractivity contribution in [1.82, 2.24) is 4.90 Å². The molecule has 1 N–H and O–H groups in total. The summed E-state index contributed by atoms with van der Waals surface area (Å²) in [5.41, 5.74) is 0.780. The summed E-state index contributed by atoms with van der Waals surface area (Å²) in [6.07, 6.45) is 4.82. The molecule has 1 aliphatic rings. The van der Waals surface area contributed by atoms with Gasteiger partial charge in [-0.25, -0.2) is 0 Å². The number of carbonyl (C=O) groups is 2. The number of rotatable bonds is 8. The Morgan fingerprint density at radius 2 is 2.00 bits per heavy atom. The van der Waals surface area contributed by atoms with Gasteiger partial charge in [-0.3, -0.25) is 14.5 Å². The predicted molar refractivity (Wildman–Crippen MR) is 125 cm³/mol. The largest absolute Gasteiger partial charge is 0.325 e. The van der Waals surface area contributed by atoms with Crippen LogP contribution in [-0.2, 0) is 9.59 Å². The molecule has 3 rings (SSSR count). The van der Waals surface area contributed by atoms with Gasteiger partial charge in [-0.05, 0) is 58.4 Å². The van der Waals surface area contributed by atoms with Gasteiger partial charge in [-0.15, -0.1) is 11.3 Å². The number of nitrogens with one attached hydrogen (secondary N) is 1. The van der Waals surface area contributed by atoms with E-state index in [0.29, 0.717) is 22.2 Å². The van der Waals surface area contributed by atoms with Crippen molar-refractivity contribution >= 4 is 79.1 Å². The summed E-state index contributed by atoms with van der Waals surface area (Å²) in [5.74, 6) is -0.0218. The first-order chi connectivity index (χ1) is 13.5. The average molecular weight is 495 g/mol. The first-order valence-corrected chi connectivity index (χ1v) is 11.8. The first kappa shape index (κ1) is 21.2. The van der Waals surface area contributed by atoms with E-state index in [1.807, 2.05) is 47.9 Å². The van der Waals surface area contributed by atoms with E-state index in [9.17, 15) is 9.59 Å². The van der Waals surface area contributed by atoms with Crippen LogP contribution in [0.4, 0.5) is 5.69 Å². The molecule has 8 heteroatoms. The number of hydrogen-bond acceptors (Lipinski definition) is 5. The van der Waals surface area contributed by atoms with Crippen molar-refractivity contribution < 1.29 is 9.59 Å². The highest BCUT2D eigenvalue weighted by Crippen LogP contribution is 2.33. The molecule has 2 amide bonds. The van der Waals surface area contributed by atoms with Crippen molar-refractivity contribution in [3.8, 4) is 0 Å². The van der Waals surface area contributed by atoms with Crippen LogP contribution in [0, 0.1) is 0 Å². The van der Waals surface area contributed by atoms with Crippen LogP contribution in [0.5, 0.6) is 0 Å². The number of benzene rings is 1. The lowest BCUT2D eigenvalue weighted by Gasteiger charge is -2.14. The minimum Gasteiger partial charge on any atom is -0.325 e. The quantitative estimate of drug-likeness (QED) is 0.281.